The van der Waals surface area contributed by atoms with Gasteiger partial charge in [-0.25, -0.2) is 9.79 Å². The van der Waals surface area contributed by atoms with Gasteiger partial charge in [0.15, 0.2) is 0 Å². The van der Waals surface area contributed by atoms with E-state index in [0.717, 1.165) is 16.1 Å². The number of anilines is 1. The van der Waals surface area contributed by atoms with E-state index < -0.39 is 6.09 Å². The number of nitrogens with one attached hydrogen (secondary N) is 1. The molecule has 2 aliphatic heterocycles. The normalized spacial score (nSPS) is 22.4. The summed E-state index contributed by atoms with van der Waals surface area (Å²) in [6, 6.07) is 9.35. The van der Waals surface area contributed by atoms with Crippen molar-refractivity contribution in [3.63, 3.8) is 0 Å². The minimum Gasteiger partial charge on any atom is -0.465 e. The van der Waals surface area contributed by atoms with Crippen molar-refractivity contribution in [3.05, 3.63) is 46.2 Å². The molecule has 2 amide bonds. The van der Waals surface area contributed by atoms with Crippen LogP contribution in [0.15, 0.2) is 40.7 Å². The maximum atomic E-state index is 12.5. The summed E-state index contributed by atoms with van der Waals surface area (Å²) in [6.07, 6.45) is -0.262. The van der Waals surface area contributed by atoms with Gasteiger partial charge in [-0.1, -0.05) is 6.07 Å². The number of likely N-dealkylation sites (tertiary alicyclic amines) is 1. The molecule has 134 valence electrons. The number of carboxylic acid groups (broad SMARTS) is 1. The van der Waals surface area contributed by atoms with Crippen molar-refractivity contribution in [2.24, 2.45) is 16.6 Å². The van der Waals surface area contributed by atoms with Crippen LogP contribution in [0.2, 0.25) is 0 Å². The third-order valence-electron chi connectivity index (χ3n) is 4.90. The molecule has 0 saturated carbocycles. The molecule has 1 aromatic heterocycles. The van der Waals surface area contributed by atoms with Gasteiger partial charge in [0.05, 0.1) is 16.5 Å². The van der Waals surface area contributed by atoms with Crippen molar-refractivity contribution >= 4 is 40.5 Å². The lowest BCUT2D eigenvalue weighted by molar-refractivity contribution is -0.118. The van der Waals surface area contributed by atoms with Gasteiger partial charge in [0.1, 0.15) is 5.84 Å². The Labute approximate surface area is 154 Å². The first-order chi connectivity index (χ1) is 12.5. The van der Waals surface area contributed by atoms with Gasteiger partial charge in [0.2, 0.25) is 5.91 Å². The average Bonchev–Trinajstić information content (AvgIpc) is 3.33. The van der Waals surface area contributed by atoms with Crippen LogP contribution in [0.5, 0.6) is 0 Å². The van der Waals surface area contributed by atoms with Crippen LogP contribution in [-0.2, 0) is 4.79 Å². The standard InChI is InChI=1S/C18H18N4O3S/c19-16(14-2-1-7-26-14)20-11-3-4-13-12(8-11)15(17(23)21-13)10-5-6-22(9-10)18(24)25/h1-4,7-8,10,15H,5-6,9H2,(H2,19,20)(H,21,23)(H,24,25). The highest BCUT2D eigenvalue weighted by molar-refractivity contribution is 7.12. The van der Waals surface area contributed by atoms with E-state index in [1.807, 2.05) is 35.7 Å². The molecular formula is C18H18N4O3S. The molecule has 2 atom stereocenters. The number of rotatable bonds is 3. The fraction of sp³-hybridized carbons (Fsp3) is 0.278. The first-order valence-corrected chi connectivity index (χ1v) is 9.21. The molecule has 2 unspecified atom stereocenters. The highest BCUT2D eigenvalue weighted by Crippen LogP contribution is 2.42. The zero-order chi connectivity index (χ0) is 18.3. The molecule has 4 rings (SSSR count). The van der Waals surface area contributed by atoms with E-state index in [1.165, 1.54) is 16.2 Å². The minimum atomic E-state index is -0.937. The fourth-order valence-electron chi connectivity index (χ4n) is 3.66. The van der Waals surface area contributed by atoms with Crippen LogP contribution in [0.1, 0.15) is 22.8 Å². The monoisotopic (exact) mass is 370 g/mol. The predicted octanol–water partition coefficient (Wildman–Crippen LogP) is 2.82. The van der Waals surface area contributed by atoms with Crippen molar-refractivity contribution < 1.29 is 14.7 Å². The van der Waals surface area contributed by atoms with Gasteiger partial charge >= 0.3 is 6.09 Å². The highest BCUT2D eigenvalue weighted by atomic mass is 32.1. The van der Waals surface area contributed by atoms with Gasteiger partial charge in [-0.3, -0.25) is 4.79 Å². The number of nitrogens with zero attached hydrogens (tertiary/aromatic N) is 2. The Morgan fingerprint density at radius 3 is 2.92 bits per heavy atom. The predicted molar refractivity (Wildman–Crippen MR) is 100 cm³/mol. The number of hydrogen-bond donors (Lipinski definition) is 3. The number of aliphatic imine (C=N–C) groups is 1. The summed E-state index contributed by atoms with van der Waals surface area (Å²) < 4.78 is 0. The maximum absolute atomic E-state index is 12.5. The smallest absolute Gasteiger partial charge is 0.407 e. The molecule has 1 saturated heterocycles. The van der Waals surface area contributed by atoms with Crippen LogP contribution in [0, 0.1) is 5.92 Å². The van der Waals surface area contributed by atoms with Gasteiger partial charge in [-0.05, 0) is 47.5 Å². The summed E-state index contributed by atoms with van der Waals surface area (Å²) in [5.74, 6) is -0.0232. The van der Waals surface area contributed by atoms with E-state index >= 15 is 0 Å². The highest BCUT2D eigenvalue weighted by Gasteiger charge is 2.41. The average molecular weight is 370 g/mol. The Balaban J connectivity index is 1.63. The van der Waals surface area contributed by atoms with Gasteiger partial charge in [-0.15, -0.1) is 11.3 Å². The van der Waals surface area contributed by atoms with Crippen molar-refractivity contribution in [2.45, 2.75) is 12.3 Å². The SMILES string of the molecule is NC(=Nc1ccc2c(c1)C(C1CCN(C(=O)O)C1)C(=O)N2)c1cccs1. The Morgan fingerprint density at radius 1 is 1.38 bits per heavy atom. The van der Waals surface area contributed by atoms with Crippen LogP contribution < -0.4 is 11.1 Å². The van der Waals surface area contributed by atoms with Crippen molar-refractivity contribution in [3.8, 4) is 0 Å². The lowest BCUT2D eigenvalue weighted by Gasteiger charge is -2.17. The Bertz CT molecular complexity index is 894. The van der Waals surface area contributed by atoms with E-state index in [4.69, 9.17) is 10.8 Å². The van der Waals surface area contributed by atoms with Gasteiger partial charge in [0.25, 0.3) is 0 Å². The summed E-state index contributed by atoms with van der Waals surface area (Å²) in [5, 5.41) is 14.0. The fourth-order valence-corrected chi connectivity index (χ4v) is 4.29. The number of hydrogen-bond acceptors (Lipinski definition) is 4. The first-order valence-electron chi connectivity index (χ1n) is 8.33. The van der Waals surface area contributed by atoms with Crippen LogP contribution in [-0.4, -0.2) is 40.9 Å². The summed E-state index contributed by atoms with van der Waals surface area (Å²) in [4.78, 5) is 30.4. The third-order valence-corrected chi connectivity index (χ3v) is 5.79. The third kappa shape index (κ3) is 2.92. The molecule has 2 aromatic rings. The summed E-state index contributed by atoms with van der Waals surface area (Å²) in [6.45, 7) is 0.833. The van der Waals surface area contributed by atoms with E-state index in [2.05, 4.69) is 10.3 Å². The molecule has 2 aliphatic rings. The van der Waals surface area contributed by atoms with Crippen molar-refractivity contribution in [1.29, 1.82) is 0 Å². The second-order valence-electron chi connectivity index (χ2n) is 6.49. The number of nitrogens with two attached hydrogens (primary N) is 1. The molecule has 1 aromatic carbocycles. The summed E-state index contributed by atoms with van der Waals surface area (Å²) in [5.41, 5.74) is 8.38. The van der Waals surface area contributed by atoms with E-state index in [1.54, 1.807) is 0 Å². The lowest BCUT2D eigenvalue weighted by Crippen LogP contribution is -2.29. The number of thiophene rings is 1. The Kier molecular flexibility index (Phi) is 4.12. The molecule has 1 fully saturated rings. The number of amidine groups is 1. The molecule has 3 heterocycles. The largest absolute Gasteiger partial charge is 0.465 e. The second-order valence-corrected chi connectivity index (χ2v) is 7.44. The van der Waals surface area contributed by atoms with Gasteiger partial charge in [0, 0.05) is 18.8 Å². The molecule has 0 aliphatic carbocycles. The van der Waals surface area contributed by atoms with Crippen LogP contribution in [0.4, 0.5) is 16.2 Å². The zero-order valence-corrected chi connectivity index (χ0v) is 14.7. The van der Waals surface area contributed by atoms with Crippen LogP contribution in [0.3, 0.4) is 0 Å². The molecule has 0 spiro atoms. The van der Waals surface area contributed by atoms with E-state index in [9.17, 15) is 9.59 Å². The van der Waals surface area contributed by atoms with E-state index in [-0.39, 0.29) is 17.7 Å². The van der Waals surface area contributed by atoms with Crippen LogP contribution in [0.25, 0.3) is 0 Å². The number of carbonyl (C=O) groups excluding carboxylic acids is 1. The number of carbonyl (C=O) groups is 2. The summed E-state index contributed by atoms with van der Waals surface area (Å²) >= 11 is 1.52. The molecule has 26 heavy (non-hydrogen) atoms. The number of benzene rings is 1. The molecule has 4 N–H and O–H groups in total. The van der Waals surface area contributed by atoms with Crippen molar-refractivity contribution in [2.75, 3.05) is 18.4 Å². The maximum Gasteiger partial charge on any atom is 0.407 e. The second kappa shape index (κ2) is 6.45. The lowest BCUT2D eigenvalue weighted by atomic mass is 9.86. The topological polar surface area (TPSA) is 108 Å². The quantitative estimate of drug-likeness (QED) is 0.570. The van der Waals surface area contributed by atoms with Gasteiger partial charge < -0.3 is 21.1 Å². The Hall–Kier alpha value is -2.87. The molecular weight excluding hydrogens is 352 g/mol. The van der Waals surface area contributed by atoms with Gasteiger partial charge in [-0.2, -0.15) is 0 Å². The number of amides is 2. The number of fused-ring (bicyclic) bond motifs is 1. The molecule has 0 bridgehead atoms. The Morgan fingerprint density at radius 2 is 2.23 bits per heavy atom. The van der Waals surface area contributed by atoms with E-state index in [0.29, 0.717) is 31.0 Å². The van der Waals surface area contributed by atoms with Crippen molar-refractivity contribution in [1.82, 2.24) is 4.90 Å². The zero-order valence-electron chi connectivity index (χ0n) is 13.9. The first kappa shape index (κ1) is 16.6. The minimum absolute atomic E-state index is 0.0266. The summed E-state index contributed by atoms with van der Waals surface area (Å²) in [7, 11) is 0. The van der Waals surface area contributed by atoms with Crippen LogP contribution >= 0.6 is 11.3 Å². The molecule has 8 heteroatoms. The molecule has 0 radical (unpaired) electrons. The molecule has 7 nitrogen and oxygen atoms in total.